The molecule has 7 heteroatoms. The molecule has 4 rings (SSSR count). The number of rotatable bonds is 8. The minimum atomic E-state index is 0.911. The van der Waals surface area contributed by atoms with Gasteiger partial charge in [-0.05, 0) is 49.7 Å². The number of aromatic nitrogens is 2. The number of thiophene rings is 1. The number of ether oxygens (including phenoxy) is 1. The monoisotopic (exact) mass is 411 g/mol. The Bertz CT molecular complexity index is 919. The van der Waals surface area contributed by atoms with Crippen LogP contribution >= 0.6 is 11.3 Å². The third kappa shape index (κ3) is 4.79. The average Bonchev–Trinajstić information content (AvgIpc) is 3.21. The molecule has 0 unspecified atom stereocenters. The van der Waals surface area contributed by atoms with E-state index >= 15 is 0 Å². The molecule has 0 amide bonds. The molecule has 0 aliphatic carbocycles. The number of hydrogen-bond acceptors (Lipinski definition) is 7. The molecule has 2 aromatic heterocycles. The van der Waals surface area contributed by atoms with Gasteiger partial charge in [0.05, 0.1) is 12.5 Å². The number of fused-ring (bicyclic) bond motifs is 1. The summed E-state index contributed by atoms with van der Waals surface area (Å²) in [5, 5.41) is 4.67. The fourth-order valence-corrected chi connectivity index (χ4v) is 4.69. The Morgan fingerprint density at radius 3 is 2.62 bits per heavy atom. The lowest BCUT2D eigenvalue weighted by atomic mass is 10.2. The summed E-state index contributed by atoms with van der Waals surface area (Å²) in [6.07, 6.45) is 3.82. The third-order valence-corrected chi connectivity index (χ3v) is 6.67. The van der Waals surface area contributed by atoms with Crippen molar-refractivity contribution in [3.05, 3.63) is 41.5 Å². The van der Waals surface area contributed by atoms with Gasteiger partial charge in [-0.1, -0.05) is 6.92 Å². The minimum Gasteiger partial charge on any atom is -0.497 e. The van der Waals surface area contributed by atoms with Crippen LogP contribution in [0.1, 0.15) is 18.2 Å². The number of anilines is 2. The second-order valence-electron chi connectivity index (χ2n) is 7.31. The molecule has 0 spiro atoms. The maximum absolute atomic E-state index is 5.25. The normalized spacial score (nSPS) is 15.0. The summed E-state index contributed by atoms with van der Waals surface area (Å²) in [4.78, 5) is 16.3. The van der Waals surface area contributed by atoms with Gasteiger partial charge >= 0.3 is 0 Å². The highest BCUT2D eigenvalue weighted by Crippen LogP contribution is 2.28. The Hall–Kier alpha value is -2.38. The zero-order valence-electron chi connectivity index (χ0n) is 17.2. The molecule has 1 aliphatic rings. The molecule has 1 fully saturated rings. The number of benzene rings is 1. The lowest BCUT2D eigenvalue weighted by Gasteiger charge is -2.36. The van der Waals surface area contributed by atoms with E-state index in [0.717, 1.165) is 73.9 Å². The van der Waals surface area contributed by atoms with Crippen molar-refractivity contribution in [1.29, 1.82) is 0 Å². The van der Waals surface area contributed by atoms with Crippen molar-refractivity contribution < 1.29 is 4.74 Å². The minimum absolute atomic E-state index is 0.911. The molecule has 154 valence electrons. The van der Waals surface area contributed by atoms with Gasteiger partial charge in [0.25, 0.3) is 0 Å². The van der Waals surface area contributed by atoms with Crippen molar-refractivity contribution in [2.45, 2.75) is 19.8 Å². The van der Waals surface area contributed by atoms with E-state index < -0.39 is 0 Å². The first-order valence-corrected chi connectivity index (χ1v) is 11.2. The number of nitrogens with one attached hydrogen (secondary N) is 1. The number of aryl methyl sites for hydroxylation is 1. The van der Waals surface area contributed by atoms with Crippen LogP contribution in [0.3, 0.4) is 0 Å². The van der Waals surface area contributed by atoms with Gasteiger partial charge in [-0.3, -0.25) is 4.90 Å². The molecule has 1 aliphatic heterocycles. The van der Waals surface area contributed by atoms with E-state index in [9.17, 15) is 0 Å². The predicted octanol–water partition coefficient (Wildman–Crippen LogP) is 3.89. The van der Waals surface area contributed by atoms with Crippen molar-refractivity contribution >= 4 is 33.1 Å². The molecule has 0 radical (unpaired) electrons. The summed E-state index contributed by atoms with van der Waals surface area (Å²) in [7, 11) is 1.71. The molecule has 3 aromatic rings. The van der Waals surface area contributed by atoms with Crippen LogP contribution in [0.2, 0.25) is 0 Å². The smallest absolute Gasteiger partial charge is 0.138 e. The van der Waals surface area contributed by atoms with Crippen LogP contribution in [0.4, 0.5) is 11.5 Å². The van der Waals surface area contributed by atoms with Gasteiger partial charge in [-0.2, -0.15) is 0 Å². The Kier molecular flexibility index (Phi) is 6.46. The number of methoxy groups -OCH3 is 1. The van der Waals surface area contributed by atoms with E-state index in [1.807, 2.05) is 12.1 Å². The predicted molar refractivity (Wildman–Crippen MR) is 122 cm³/mol. The maximum Gasteiger partial charge on any atom is 0.138 e. The Morgan fingerprint density at radius 2 is 1.90 bits per heavy atom. The standard InChI is InChI=1S/C22H29N5OS/c1-3-19-15-20-21(24-16-25-22(20)29-19)23-9-4-10-26-11-13-27(14-12-26)17-5-7-18(28-2)8-6-17/h5-8,15-16H,3-4,9-14H2,1-2H3,(H,23,24,25). The molecule has 1 N–H and O–H groups in total. The molecule has 1 saturated heterocycles. The summed E-state index contributed by atoms with van der Waals surface area (Å²) in [5.74, 6) is 1.88. The summed E-state index contributed by atoms with van der Waals surface area (Å²) >= 11 is 1.76. The highest BCUT2D eigenvalue weighted by molar-refractivity contribution is 7.18. The molecule has 6 nitrogen and oxygen atoms in total. The molecule has 3 heterocycles. The van der Waals surface area contributed by atoms with Crippen LogP contribution < -0.4 is 15.0 Å². The Labute approximate surface area is 176 Å². The lowest BCUT2D eigenvalue weighted by molar-refractivity contribution is 0.257. The van der Waals surface area contributed by atoms with Crippen LogP contribution in [0.25, 0.3) is 10.2 Å². The maximum atomic E-state index is 5.25. The van der Waals surface area contributed by atoms with Crippen LogP contribution in [0, 0.1) is 0 Å². The van der Waals surface area contributed by atoms with E-state index in [1.165, 1.54) is 10.6 Å². The first kappa shape index (κ1) is 19.9. The third-order valence-electron chi connectivity index (χ3n) is 5.48. The molecule has 29 heavy (non-hydrogen) atoms. The zero-order chi connectivity index (χ0) is 20.1. The van der Waals surface area contributed by atoms with Gasteiger partial charge in [-0.15, -0.1) is 11.3 Å². The van der Waals surface area contributed by atoms with Crippen LogP contribution in [-0.4, -0.2) is 61.2 Å². The van der Waals surface area contributed by atoms with E-state index in [0.29, 0.717) is 0 Å². The molecular weight excluding hydrogens is 382 g/mol. The van der Waals surface area contributed by atoms with E-state index in [2.05, 4.69) is 50.2 Å². The number of hydrogen-bond donors (Lipinski definition) is 1. The van der Waals surface area contributed by atoms with Crippen LogP contribution in [-0.2, 0) is 6.42 Å². The van der Waals surface area contributed by atoms with Crippen LogP contribution in [0.15, 0.2) is 36.7 Å². The van der Waals surface area contributed by atoms with E-state index in [4.69, 9.17) is 4.74 Å². The van der Waals surface area contributed by atoms with Gasteiger partial charge in [-0.25, -0.2) is 9.97 Å². The van der Waals surface area contributed by atoms with Gasteiger partial charge < -0.3 is 15.0 Å². The van der Waals surface area contributed by atoms with Crippen molar-refractivity contribution in [2.75, 3.05) is 56.6 Å². The number of piperazine rings is 1. The second kappa shape index (κ2) is 9.41. The largest absolute Gasteiger partial charge is 0.497 e. The first-order chi connectivity index (χ1) is 14.3. The fourth-order valence-electron chi connectivity index (χ4n) is 3.75. The SMILES string of the molecule is CCc1cc2c(NCCCN3CCN(c4ccc(OC)cc4)CC3)ncnc2s1. The van der Waals surface area contributed by atoms with Crippen molar-refractivity contribution in [2.24, 2.45) is 0 Å². The summed E-state index contributed by atoms with van der Waals surface area (Å²) in [6.45, 7) is 8.58. The summed E-state index contributed by atoms with van der Waals surface area (Å²) in [5.41, 5.74) is 1.28. The van der Waals surface area contributed by atoms with Crippen molar-refractivity contribution in [1.82, 2.24) is 14.9 Å². The molecule has 0 atom stereocenters. The highest BCUT2D eigenvalue weighted by atomic mass is 32.1. The van der Waals surface area contributed by atoms with E-state index in [1.54, 1.807) is 24.8 Å². The Balaban J connectivity index is 1.21. The second-order valence-corrected chi connectivity index (χ2v) is 8.43. The molecule has 0 saturated carbocycles. The van der Waals surface area contributed by atoms with Gasteiger partial charge in [0.2, 0.25) is 0 Å². The first-order valence-electron chi connectivity index (χ1n) is 10.4. The molecule has 0 bridgehead atoms. The topological polar surface area (TPSA) is 53.5 Å². The van der Waals surface area contributed by atoms with Crippen molar-refractivity contribution in [3.63, 3.8) is 0 Å². The fraction of sp³-hybridized carbons (Fsp3) is 0.455. The van der Waals surface area contributed by atoms with E-state index in [-0.39, 0.29) is 0 Å². The summed E-state index contributed by atoms with van der Waals surface area (Å²) in [6, 6.07) is 10.6. The van der Waals surface area contributed by atoms with Crippen molar-refractivity contribution in [3.8, 4) is 5.75 Å². The average molecular weight is 412 g/mol. The van der Waals surface area contributed by atoms with Crippen LogP contribution in [0.5, 0.6) is 5.75 Å². The summed E-state index contributed by atoms with van der Waals surface area (Å²) < 4.78 is 5.25. The van der Waals surface area contributed by atoms with Gasteiger partial charge in [0.1, 0.15) is 22.7 Å². The highest BCUT2D eigenvalue weighted by Gasteiger charge is 2.17. The quantitative estimate of drug-likeness (QED) is 0.568. The lowest BCUT2D eigenvalue weighted by Crippen LogP contribution is -2.46. The van der Waals surface area contributed by atoms with Gasteiger partial charge in [0, 0.05) is 43.3 Å². The number of nitrogens with zero attached hydrogens (tertiary/aromatic N) is 4. The molecule has 1 aromatic carbocycles. The molecular formula is C22H29N5OS. The van der Waals surface area contributed by atoms with Gasteiger partial charge in [0.15, 0.2) is 0 Å². The Morgan fingerprint density at radius 1 is 1.10 bits per heavy atom. The zero-order valence-corrected chi connectivity index (χ0v) is 18.0.